The molecule has 7 heteroatoms. The average molecular weight is 453 g/mol. The first kappa shape index (κ1) is 21.7. The third-order valence-corrected chi connectivity index (χ3v) is 5.78. The van der Waals surface area contributed by atoms with E-state index >= 15 is 0 Å². The number of hydrogen-bond donors (Lipinski definition) is 1. The highest BCUT2D eigenvalue weighted by Gasteiger charge is 2.39. The van der Waals surface area contributed by atoms with Crippen molar-refractivity contribution in [1.82, 2.24) is 4.90 Å². The number of halogens is 3. The van der Waals surface area contributed by atoms with E-state index in [1.165, 1.54) is 36.4 Å². The third-order valence-electron chi connectivity index (χ3n) is 5.37. The lowest BCUT2D eigenvalue weighted by atomic mass is 10.0. The summed E-state index contributed by atoms with van der Waals surface area (Å²) < 4.78 is 26.6. The van der Waals surface area contributed by atoms with Crippen molar-refractivity contribution >= 4 is 34.7 Å². The molecule has 3 aromatic rings. The first-order valence-corrected chi connectivity index (χ1v) is 10.4. The number of nitrogens with zero attached hydrogens (tertiary/aromatic N) is 1. The first-order chi connectivity index (χ1) is 15.3. The fourth-order valence-corrected chi connectivity index (χ4v) is 3.72. The molecule has 0 saturated carbocycles. The van der Waals surface area contributed by atoms with E-state index in [2.05, 4.69) is 5.32 Å². The number of anilines is 1. The SMILES string of the molecule is Cc1c(Cl)cccc1NC1=C(c2ccc(F)cc2)C(=O)N(CCc2ccc(F)cc2)C1=O. The maximum atomic E-state index is 13.5. The Morgan fingerprint density at radius 2 is 1.50 bits per heavy atom. The second-order valence-corrected chi connectivity index (χ2v) is 7.84. The van der Waals surface area contributed by atoms with Gasteiger partial charge in [0.1, 0.15) is 17.3 Å². The van der Waals surface area contributed by atoms with Crippen LogP contribution in [0.15, 0.2) is 72.4 Å². The standard InChI is InChI=1S/C25H19ClF2N2O2/c1-15-20(26)3-2-4-21(15)29-23-22(17-7-11-19(28)12-8-17)24(31)30(25(23)32)14-13-16-5-9-18(27)10-6-16/h2-12,29H,13-14H2,1H3. The number of rotatable bonds is 6. The van der Waals surface area contributed by atoms with Crippen LogP contribution in [-0.2, 0) is 16.0 Å². The Hall–Kier alpha value is -3.51. The summed E-state index contributed by atoms with van der Waals surface area (Å²) in [6.45, 7) is 1.92. The van der Waals surface area contributed by atoms with E-state index in [0.717, 1.165) is 16.0 Å². The molecule has 0 saturated heterocycles. The molecule has 0 aromatic heterocycles. The second kappa shape index (κ2) is 8.93. The van der Waals surface area contributed by atoms with E-state index in [9.17, 15) is 18.4 Å². The van der Waals surface area contributed by atoms with Crippen LogP contribution >= 0.6 is 11.6 Å². The summed E-state index contributed by atoms with van der Waals surface area (Å²) >= 11 is 6.21. The van der Waals surface area contributed by atoms with Crippen LogP contribution in [0.1, 0.15) is 16.7 Å². The Balaban J connectivity index is 1.68. The van der Waals surface area contributed by atoms with Crippen LogP contribution in [0.2, 0.25) is 5.02 Å². The van der Waals surface area contributed by atoms with Crippen LogP contribution in [0.3, 0.4) is 0 Å². The number of amides is 2. The summed E-state index contributed by atoms with van der Waals surface area (Å²) in [6.07, 6.45) is 0.373. The van der Waals surface area contributed by atoms with Crippen LogP contribution < -0.4 is 5.32 Å². The summed E-state index contributed by atoms with van der Waals surface area (Å²) in [7, 11) is 0. The molecule has 0 aliphatic carbocycles. The van der Waals surface area contributed by atoms with Gasteiger partial charge in [-0.05, 0) is 66.4 Å². The number of carbonyl (C=O) groups is 2. The van der Waals surface area contributed by atoms with Crippen molar-refractivity contribution in [2.24, 2.45) is 0 Å². The minimum atomic E-state index is -0.490. The van der Waals surface area contributed by atoms with E-state index in [-0.39, 0.29) is 23.6 Å². The summed E-state index contributed by atoms with van der Waals surface area (Å²) in [5.74, 6) is -1.77. The van der Waals surface area contributed by atoms with Gasteiger partial charge in [-0.1, -0.05) is 41.9 Å². The molecular formula is C25H19ClF2N2O2. The van der Waals surface area contributed by atoms with Gasteiger partial charge >= 0.3 is 0 Å². The molecule has 1 aliphatic rings. The van der Waals surface area contributed by atoms with Gasteiger partial charge in [0.2, 0.25) is 0 Å². The summed E-state index contributed by atoms with van der Waals surface area (Å²) in [4.78, 5) is 27.7. The lowest BCUT2D eigenvalue weighted by Crippen LogP contribution is -2.34. The zero-order chi connectivity index (χ0) is 22.8. The molecule has 2 amide bonds. The molecule has 0 unspecified atom stereocenters. The molecule has 1 aliphatic heterocycles. The lowest BCUT2D eigenvalue weighted by Gasteiger charge is -2.16. The lowest BCUT2D eigenvalue weighted by molar-refractivity contribution is -0.136. The van der Waals surface area contributed by atoms with Crippen LogP contribution in [0.25, 0.3) is 5.57 Å². The topological polar surface area (TPSA) is 49.4 Å². The Kier molecular flexibility index (Phi) is 6.06. The Morgan fingerprint density at radius 3 is 2.16 bits per heavy atom. The molecule has 1 heterocycles. The number of benzene rings is 3. The molecule has 4 rings (SSSR count). The fourth-order valence-electron chi connectivity index (χ4n) is 3.55. The van der Waals surface area contributed by atoms with Gasteiger partial charge in [-0.25, -0.2) is 8.78 Å². The van der Waals surface area contributed by atoms with Gasteiger partial charge in [-0.3, -0.25) is 14.5 Å². The fraction of sp³-hybridized carbons (Fsp3) is 0.120. The van der Waals surface area contributed by atoms with E-state index in [0.29, 0.717) is 22.7 Å². The predicted molar refractivity (Wildman–Crippen MR) is 120 cm³/mol. The van der Waals surface area contributed by atoms with E-state index in [1.807, 2.05) is 0 Å². The van der Waals surface area contributed by atoms with Crippen molar-refractivity contribution in [2.75, 3.05) is 11.9 Å². The molecule has 0 radical (unpaired) electrons. The van der Waals surface area contributed by atoms with Crippen LogP contribution in [0, 0.1) is 18.6 Å². The van der Waals surface area contributed by atoms with Gasteiger partial charge in [-0.15, -0.1) is 0 Å². The van der Waals surface area contributed by atoms with Crippen molar-refractivity contribution in [1.29, 1.82) is 0 Å². The zero-order valence-electron chi connectivity index (χ0n) is 17.2. The second-order valence-electron chi connectivity index (χ2n) is 7.43. The summed E-state index contributed by atoms with van der Waals surface area (Å²) in [5, 5.41) is 3.59. The Labute approximate surface area is 189 Å². The Bertz CT molecular complexity index is 1220. The number of nitrogens with one attached hydrogen (secondary N) is 1. The summed E-state index contributed by atoms with van der Waals surface area (Å²) in [6, 6.07) is 16.5. The highest BCUT2D eigenvalue weighted by Crippen LogP contribution is 2.32. The molecule has 0 bridgehead atoms. The van der Waals surface area contributed by atoms with Gasteiger partial charge in [0, 0.05) is 17.3 Å². The largest absolute Gasteiger partial charge is 0.350 e. The minimum absolute atomic E-state index is 0.103. The van der Waals surface area contributed by atoms with Crippen LogP contribution in [-0.4, -0.2) is 23.3 Å². The molecule has 1 N–H and O–H groups in total. The maximum Gasteiger partial charge on any atom is 0.278 e. The monoisotopic (exact) mass is 452 g/mol. The van der Waals surface area contributed by atoms with Crippen LogP contribution in [0.5, 0.6) is 0 Å². The van der Waals surface area contributed by atoms with Gasteiger partial charge in [0.25, 0.3) is 11.8 Å². The highest BCUT2D eigenvalue weighted by atomic mass is 35.5. The maximum absolute atomic E-state index is 13.5. The molecule has 3 aromatic carbocycles. The van der Waals surface area contributed by atoms with Crippen molar-refractivity contribution in [2.45, 2.75) is 13.3 Å². The number of hydrogen-bond acceptors (Lipinski definition) is 3. The van der Waals surface area contributed by atoms with Gasteiger partial charge in [0.05, 0.1) is 5.57 Å². The van der Waals surface area contributed by atoms with E-state index in [1.54, 1.807) is 37.3 Å². The smallest absolute Gasteiger partial charge is 0.278 e. The zero-order valence-corrected chi connectivity index (χ0v) is 17.9. The first-order valence-electron chi connectivity index (χ1n) is 9.98. The van der Waals surface area contributed by atoms with Gasteiger partial charge < -0.3 is 5.32 Å². The minimum Gasteiger partial charge on any atom is -0.350 e. The molecular weight excluding hydrogens is 434 g/mol. The van der Waals surface area contributed by atoms with E-state index in [4.69, 9.17) is 11.6 Å². The van der Waals surface area contributed by atoms with Crippen molar-refractivity contribution < 1.29 is 18.4 Å². The Morgan fingerprint density at radius 1 is 0.875 bits per heavy atom. The summed E-state index contributed by atoms with van der Waals surface area (Å²) in [5.41, 5.74) is 2.80. The molecule has 0 spiro atoms. The van der Waals surface area contributed by atoms with E-state index < -0.39 is 17.6 Å². The van der Waals surface area contributed by atoms with Gasteiger partial charge in [-0.2, -0.15) is 0 Å². The molecule has 0 atom stereocenters. The average Bonchev–Trinajstić information content (AvgIpc) is 3.01. The van der Waals surface area contributed by atoms with Crippen molar-refractivity contribution in [3.05, 3.63) is 106 Å². The molecule has 4 nitrogen and oxygen atoms in total. The van der Waals surface area contributed by atoms with Gasteiger partial charge in [0.15, 0.2) is 0 Å². The quantitative estimate of drug-likeness (QED) is 0.512. The van der Waals surface area contributed by atoms with Crippen molar-refractivity contribution in [3.63, 3.8) is 0 Å². The van der Waals surface area contributed by atoms with Crippen molar-refractivity contribution in [3.8, 4) is 0 Å². The third kappa shape index (κ3) is 4.27. The number of imide groups is 1. The molecule has 0 fully saturated rings. The predicted octanol–water partition coefficient (Wildman–Crippen LogP) is 5.36. The normalized spacial score (nSPS) is 13.8. The number of carbonyl (C=O) groups excluding carboxylic acids is 2. The molecule has 162 valence electrons. The van der Waals surface area contributed by atoms with Crippen LogP contribution in [0.4, 0.5) is 14.5 Å². The molecule has 32 heavy (non-hydrogen) atoms. The highest BCUT2D eigenvalue weighted by molar-refractivity contribution is 6.36.